The van der Waals surface area contributed by atoms with E-state index in [2.05, 4.69) is 5.10 Å². The van der Waals surface area contributed by atoms with Crippen molar-refractivity contribution >= 4 is 41.2 Å². The zero-order chi connectivity index (χ0) is 12.1. The molecule has 1 rings (SSSR count). The lowest BCUT2D eigenvalue weighted by Gasteiger charge is -1.99. The van der Waals surface area contributed by atoms with Gasteiger partial charge in [0.2, 0.25) is 0 Å². The SMILES string of the molecule is NC(=O)C(=O)N/N=C\c1cccc(Cl)c1Cl. The zero-order valence-corrected chi connectivity index (χ0v) is 9.42. The predicted octanol–water partition coefficient (Wildman–Crippen LogP) is 0.929. The highest BCUT2D eigenvalue weighted by atomic mass is 35.5. The molecule has 0 fully saturated rings. The number of hydrogen-bond acceptors (Lipinski definition) is 3. The number of nitrogens with two attached hydrogens (primary N) is 1. The molecule has 0 radical (unpaired) electrons. The number of carbonyl (C=O) groups is 2. The van der Waals surface area contributed by atoms with Gasteiger partial charge in [-0.3, -0.25) is 9.59 Å². The fraction of sp³-hybridized carbons (Fsp3) is 0. The number of hydrogen-bond donors (Lipinski definition) is 2. The molecule has 0 saturated heterocycles. The molecular weight excluding hydrogens is 253 g/mol. The molecule has 0 aromatic heterocycles. The van der Waals surface area contributed by atoms with E-state index >= 15 is 0 Å². The summed E-state index contributed by atoms with van der Waals surface area (Å²) in [7, 11) is 0. The molecule has 1 aromatic carbocycles. The van der Waals surface area contributed by atoms with Crippen LogP contribution in [0.15, 0.2) is 23.3 Å². The van der Waals surface area contributed by atoms with Gasteiger partial charge in [-0.25, -0.2) is 5.43 Å². The van der Waals surface area contributed by atoms with Gasteiger partial charge in [-0.15, -0.1) is 0 Å². The van der Waals surface area contributed by atoms with Crippen LogP contribution in [-0.2, 0) is 9.59 Å². The maximum Gasteiger partial charge on any atom is 0.329 e. The Balaban J connectivity index is 2.74. The Morgan fingerprint density at radius 2 is 2.06 bits per heavy atom. The Hall–Kier alpha value is -1.59. The molecule has 0 bridgehead atoms. The summed E-state index contributed by atoms with van der Waals surface area (Å²) >= 11 is 11.6. The minimum Gasteiger partial charge on any atom is -0.361 e. The average Bonchev–Trinajstić information content (AvgIpc) is 2.24. The maximum absolute atomic E-state index is 10.7. The molecule has 0 heterocycles. The average molecular weight is 260 g/mol. The van der Waals surface area contributed by atoms with E-state index in [1.54, 1.807) is 18.2 Å². The van der Waals surface area contributed by atoms with Crippen LogP contribution in [0.3, 0.4) is 0 Å². The number of hydrazone groups is 1. The Bertz CT molecular complexity index is 460. The summed E-state index contributed by atoms with van der Waals surface area (Å²) < 4.78 is 0. The fourth-order valence-corrected chi connectivity index (χ4v) is 1.19. The molecule has 3 N–H and O–H groups in total. The lowest BCUT2D eigenvalue weighted by atomic mass is 10.2. The van der Waals surface area contributed by atoms with Crippen molar-refractivity contribution in [1.82, 2.24) is 5.43 Å². The van der Waals surface area contributed by atoms with Gasteiger partial charge in [0, 0.05) is 5.56 Å². The molecule has 5 nitrogen and oxygen atoms in total. The van der Waals surface area contributed by atoms with Crippen LogP contribution < -0.4 is 11.2 Å². The second-order valence-corrected chi connectivity index (χ2v) is 3.49. The molecule has 0 spiro atoms. The molecule has 0 aliphatic carbocycles. The summed E-state index contributed by atoms with van der Waals surface area (Å²) in [6.07, 6.45) is 1.26. The number of halogens is 2. The first-order valence-corrected chi connectivity index (χ1v) is 4.85. The van der Waals surface area contributed by atoms with E-state index < -0.39 is 11.8 Å². The van der Waals surface area contributed by atoms with Crippen LogP contribution in [0, 0.1) is 0 Å². The molecule has 1 aromatic rings. The van der Waals surface area contributed by atoms with Crippen LogP contribution in [0.4, 0.5) is 0 Å². The van der Waals surface area contributed by atoms with Crippen molar-refractivity contribution in [3.05, 3.63) is 33.8 Å². The van der Waals surface area contributed by atoms with Gasteiger partial charge in [0.15, 0.2) is 0 Å². The summed E-state index contributed by atoms with van der Waals surface area (Å²) in [5.41, 5.74) is 7.14. The maximum atomic E-state index is 10.7. The van der Waals surface area contributed by atoms with Crippen molar-refractivity contribution in [1.29, 1.82) is 0 Å². The smallest absolute Gasteiger partial charge is 0.329 e. The first-order chi connectivity index (χ1) is 7.52. The van der Waals surface area contributed by atoms with Crippen molar-refractivity contribution in [2.45, 2.75) is 0 Å². The van der Waals surface area contributed by atoms with E-state index in [0.29, 0.717) is 15.6 Å². The van der Waals surface area contributed by atoms with E-state index in [-0.39, 0.29) is 0 Å². The number of rotatable bonds is 2. The summed E-state index contributed by atoms with van der Waals surface area (Å²) in [5, 5.41) is 4.17. The normalized spacial score (nSPS) is 10.4. The zero-order valence-electron chi connectivity index (χ0n) is 7.91. The number of nitrogens with one attached hydrogen (secondary N) is 1. The quantitative estimate of drug-likeness (QED) is 0.471. The minimum absolute atomic E-state index is 0.307. The molecule has 0 aliphatic rings. The van der Waals surface area contributed by atoms with Crippen LogP contribution >= 0.6 is 23.2 Å². The second kappa shape index (κ2) is 5.48. The van der Waals surface area contributed by atoms with E-state index in [0.717, 1.165) is 0 Å². The predicted molar refractivity (Wildman–Crippen MR) is 61.4 cm³/mol. The van der Waals surface area contributed by atoms with Gasteiger partial charge in [-0.2, -0.15) is 5.10 Å². The van der Waals surface area contributed by atoms with Crippen LogP contribution in [0.25, 0.3) is 0 Å². The van der Waals surface area contributed by atoms with Gasteiger partial charge in [-0.05, 0) is 6.07 Å². The highest BCUT2D eigenvalue weighted by molar-refractivity contribution is 6.43. The summed E-state index contributed by atoms with van der Waals surface area (Å²) in [4.78, 5) is 21.1. The molecule has 0 atom stereocenters. The van der Waals surface area contributed by atoms with Gasteiger partial charge in [0.05, 0.1) is 16.3 Å². The van der Waals surface area contributed by atoms with Gasteiger partial charge >= 0.3 is 11.8 Å². The van der Waals surface area contributed by atoms with Gasteiger partial charge in [0.1, 0.15) is 0 Å². The van der Waals surface area contributed by atoms with E-state index in [1.165, 1.54) is 6.21 Å². The number of nitrogens with zero attached hydrogens (tertiary/aromatic N) is 1. The first-order valence-electron chi connectivity index (χ1n) is 4.09. The third kappa shape index (κ3) is 3.22. The number of primary amides is 1. The number of benzene rings is 1. The topological polar surface area (TPSA) is 84.5 Å². The van der Waals surface area contributed by atoms with Crippen LogP contribution in [0.1, 0.15) is 5.56 Å². The lowest BCUT2D eigenvalue weighted by Crippen LogP contribution is -2.32. The van der Waals surface area contributed by atoms with E-state index in [9.17, 15) is 9.59 Å². The lowest BCUT2D eigenvalue weighted by molar-refractivity contribution is -0.137. The molecule has 7 heteroatoms. The Kier molecular flexibility index (Phi) is 4.28. The highest BCUT2D eigenvalue weighted by Gasteiger charge is 2.06. The monoisotopic (exact) mass is 259 g/mol. The van der Waals surface area contributed by atoms with Crippen molar-refractivity contribution in [2.24, 2.45) is 10.8 Å². The first kappa shape index (κ1) is 12.5. The fourth-order valence-electron chi connectivity index (χ4n) is 0.836. The molecule has 2 amide bonds. The Labute approximate surface area is 101 Å². The largest absolute Gasteiger partial charge is 0.361 e. The second-order valence-electron chi connectivity index (χ2n) is 2.71. The Morgan fingerprint density at radius 3 is 2.69 bits per heavy atom. The third-order valence-corrected chi connectivity index (χ3v) is 2.41. The van der Waals surface area contributed by atoms with E-state index in [1.807, 2.05) is 5.43 Å². The molecule has 16 heavy (non-hydrogen) atoms. The number of carbonyl (C=O) groups excluding carboxylic acids is 2. The van der Waals surface area contributed by atoms with Gasteiger partial charge < -0.3 is 5.73 Å². The van der Waals surface area contributed by atoms with Crippen molar-refractivity contribution in [3.63, 3.8) is 0 Å². The van der Waals surface area contributed by atoms with E-state index in [4.69, 9.17) is 28.9 Å². The van der Waals surface area contributed by atoms with Crippen LogP contribution in [0.2, 0.25) is 10.0 Å². The summed E-state index contributed by atoms with van der Waals surface area (Å²) in [5.74, 6) is -2.12. The molecule has 0 saturated carbocycles. The van der Waals surface area contributed by atoms with Crippen LogP contribution in [-0.4, -0.2) is 18.0 Å². The third-order valence-electron chi connectivity index (χ3n) is 1.57. The standard InChI is InChI=1S/C9H7Cl2N3O2/c10-6-3-1-2-5(7(6)11)4-13-14-9(16)8(12)15/h1-4H,(H2,12,15)(H,14,16)/b13-4-. The number of amides is 2. The minimum atomic E-state index is -1.12. The van der Waals surface area contributed by atoms with Crippen molar-refractivity contribution in [3.8, 4) is 0 Å². The van der Waals surface area contributed by atoms with Crippen molar-refractivity contribution < 1.29 is 9.59 Å². The molecule has 0 unspecified atom stereocenters. The molecular formula is C9H7Cl2N3O2. The summed E-state index contributed by atoms with van der Waals surface area (Å²) in [6, 6.07) is 4.93. The van der Waals surface area contributed by atoms with Crippen LogP contribution in [0.5, 0.6) is 0 Å². The summed E-state index contributed by atoms with van der Waals surface area (Å²) in [6.45, 7) is 0. The highest BCUT2D eigenvalue weighted by Crippen LogP contribution is 2.23. The Morgan fingerprint density at radius 1 is 1.38 bits per heavy atom. The van der Waals surface area contributed by atoms with Crippen molar-refractivity contribution in [2.75, 3.05) is 0 Å². The molecule has 0 aliphatic heterocycles. The molecule has 84 valence electrons. The van der Waals surface area contributed by atoms with Gasteiger partial charge in [0.25, 0.3) is 0 Å². The van der Waals surface area contributed by atoms with Gasteiger partial charge in [-0.1, -0.05) is 35.3 Å².